The monoisotopic (exact) mass is 237 g/mol. The molecular weight excluding hydrogens is 222 g/mol. The van der Waals surface area contributed by atoms with E-state index in [2.05, 4.69) is 10.3 Å². The maximum atomic E-state index is 11.7. The minimum atomic E-state index is -0.0743. The van der Waals surface area contributed by atoms with Crippen LogP contribution in [0.3, 0.4) is 0 Å². The Balaban J connectivity index is 1.82. The zero-order chi connectivity index (χ0) is 11.5. The number of hydrogen-bond donors (Lipinski definition) is 2. The third-order valence-electron chi connectivity index (χ3n) is 2.56. The molecule has 16 heavy (non-hydrogen) atoms. The number of aryl methyl sites for hydroxylation is 1. The summed E-state index contributed by atoms with van der Waals surface area (Å²) in [7, 11) is 0. The highest BCUT2D eigenvalue weighted by Gasteiger charge is 2.22. The number of carbonyl (C=O) groups is 1. The van der Waals surface area contributed by atoms with Crippen molar-refractivity contribution in [1.29, 1.82) is 0 Å². The Labute approximate surface area is 98.6 Å². The summed E-state index contributed by atoms with van der Waals surface area (Å²) in [6.45, 7) is 2.46. The fourth-order valence-corrected chi connectivity index (χ4v) is 2.33. The summed E-state index contributed by atoms with van der Waals surface area (Å²) in [5.74, 6) is -0.0374. The molecule has 1 aromatic rings. The van der Waals surface area contributed by atoms with Gasteiger partial charge >= 0.3 is 0 Å². The van der Waals surface area contributed by atoms with Crippen molar-refractivity contribution in [3.05, 3.63) is 28.2 Å². The highest BCUT2D eigenvalue weighted by Crippen LogP contribution is 2.16. The van der Waals surface area contributed by atoms with E-state index in [4.69, 9.17) is 5.73 Å². The number of aromatic nitrogens is 1. The number of amides is 1. The van der Waals surface area contributed by atoms with Crippen molar-refractivity contribution in [2.45, 2.75) is 25.9 Å². The lowest BCUT2D eigenvalue weighted by atomic mass is 10.1. The first kappa shape index (κ1) is 11.3. The Kier molecular flexibility index (Phi) is 3.36. The van der Waals surface area contributed by atoms with E-state index in [1.54, 1.807) is 11.3 Å². The van der Waals surface area contributed by atoms with Crippen LogP contribution in [0.25, 0.3) is 0 Å². The summed E-state index contributed by atoms with van der Waals surface area (Å²) >= 11 is 1.59. The standard InChI is InChI=1S/C11H15N3OS/c1-7-14-10(6-16-7)5-13-11(15)8-2-3-9(12)4-8/h2-3,6,8-9H,4-5,12H2,1H3,(H,13,15). The number of nitrogens with zero attached hydrogens (tertiary/aromatic N) is 1. The Morgan fingerprint density at radius 3 is 3.06 bits per heavy atom. The average Bonchev–Trinajstić information content (AvgIpc) is 2.84. The lowest BCUT2D eigenvalue weighted by Gasteiger charge is -2.09. The SMILES string of the molecule is Cc1nc(CNC(=O)C2C=CC(N)C2)cs1. The fourth-order valence-electron chi connectivity index (χ4n) is 1.72. The van der Waals surface area contributed by atoms with Gasteiger partial charge in [-0.2, -0.15) is 0 Å². The molecule has 0 saturated carbocycles. The Bertz CT molecular complexity index is 413. The molecule has 1 aliphatic rings. The van der Waals surface area contributed by atoms with Crippen molar-refractivity contribution in [3.8, 4) is 0 Å². The second-order valence-electron chi connectivity index (χ2n) is 3.97. The molecule has 0 fully saturated rings. The molecule has 86 valence electrons. The molecule has 0 aliphatic heterocycles. The summed E-state index contributed by atoms with van der Waals surface area (Å²) in [6, 6.07) is 0.0252. The largest absolute Gasteiger partial charge is 0.350 e. The van der Waals surface area contributed by atoms with Gasteiger partial charge in [-0.25, -0.2) is 4.98 Å². The van der Waals surface area contributed by atoms with E-state index in [0.717, 1.165) is 10.7 Å². The van der Waals surface area contributed by atoms with Crippen molar-refractivity contribution < 1.29 is 4.79 Å². The molecular formula is C11H15N3OS. The topological polar surface area (TPSA) is 68.0 Å². The van der Waals surface area contributed by atoms with Gasteiger partial charge in [0.25, 0.3) is 0 Å². The molecule has 1 aromatic heterocycles. The summed E-state index contributed by atoms with van der Waals surface area (Å²) in [6.07, 6.45) is 4.48. The fraction of sp³-hybridized carbons (Fsp3) is 0.455. The van der Waals surface area contributed by atoms with Crippen molar-refractivity contribution in [2.24, 2.45) is 11.7 Å². The molecule has 2 atom stereocenters. The number of nitrogens with two attached hydrogens (primary N) is 1. The van der Waals surface area contributed by atoms with Crippen LogP contribution in [0.1, 0.15) is 17.1 Å². The van der Waals surface area contributed by atoms with E-state index in [-0.39, 0.29) is 17.9 Å². The lowest BCUT2D eigenvalue weighted by Crippen LogP contribution is -2.30. The third kappa shape index (κ3) is 2.68. The number of rotatable bonds is 3. The van der Waals surface area contributed by atoms with Gasteiger partial charge in [0, 0.05) is 11.4 Å². The van der Waals surface area contributed by atoms with Gasteiger partial charge in [-0.15, -0.1) is 11.3 Å². The summed E-state index contributed by atoms with van der Waals surface area (Å²) in [5, 5.41) is 5.86. The first-order valence-corrected chi connectivity index (χ1v) is 6.16. The molecule has 2 unspecified atom stereocenters. The predicted molar refractivity (Wildman–Crippen MR) is 63.9 cm³/mol. The minimum absolute atomic E-state index is 0.0252. The van der Waals surface area contributed by atoms with Crippen molar-refractivity contribution in [2.75, 3.05) is 0 Å². The zero-order valence-electron chi connectivity index (χ0n) is 9.14. The Hall–Kier alpha value is -1.20. The maximum absolute atomic E-state index is 11.7. The highest BCUT2D eigenvalue weighted by atomic mass is 32.1. The quantitative estimate of drug-likeness (QED) is 0.770. The van der Waals surface area contributed by atoms with Gasteiger partial charge in [-0.3, -0.25) is 4.79 Å². The molecule has 0 aromatic carbocycles. The molecule has 5 heteroatoms. The highest BCUT2D eigenvalue weighted by molar-refractivity contribution is 7.09. The molecule has 0 saturated heterocycles. The van der Waals surface area contributed by atoms with Gasteiger partial charge in [0.05, 0.1) is 23.2 Å². The Morgan fingerprint density at radius 2 is 2.50 bits per heavy atom. The summed E-state index contributed by atoms with van der Waals surface area (Å²) in [4.78, 5) is 16.0. The zero-order valence-corrected chi connectivity index (χ0v) is 9.96. The van der Waals surface area contributed by atoms with E-state index in [1.807, 2.05) is 24.5 Å². The van der Waals surface area contributed by atoms with Crippen molar-refractivity contribution >= 4 is 17.2 Å². The first-order valence-electron chi connectivity index (χ1n) is 5.28. The van der Waals surface area contributed by atoms with Crippen LogP contribution in [0.4, 0.5) is 0 Å². The first-order chi connectivity index (χ1) is 7.65. The van der Waals surface area contributed by atoms with Gasteiger partial charge in [0.1, 0.15) is 0 Å². The number of thiazole rings is 1. The van der Waals surface area contributed by atoms with Crippen LogP contribution >= 0.6 is 11.3 Å². The van der Waals surface area contributed by atoms with E-state index in [1.165, 1.54) is 0 Å². The van der Waals surface area contributed by atoms with E-state index in [9.17, 15) is 4.79 Å². The van der Waals surface area contributed by atoms with Gasteiger partial charge in [0.2, 0.25) is 5.91 Å². The molecule has 4 nitrogen and oxygen atoms in total. The molecule has 3 N–H and O–H groups in total. The molecule has 2 rings (SSSR count). The van der Waals surface area contributed by atoms with Crippen molar-refractivity contribution in [1.82, 2.24) is 10.3 Å². The van der Waals surface area contributed by atoms with Crippen LogP contribution in [0.15, 0.2) is 17.5 Å². The van der Waals surface area contributed by atoms with Crippen LogP contribution in [0, 0.1) is 12.8 Å². The normalized spacial score (nSPS) is 23.6. The summed E-state index contributed by atoms with van der Waals surface area (Å²) in [5.41, 5.74) is 6.61. The maximum Gasteiger partial charge on any atom is 0.227 e. The molecule has 0 spiro atoms. The second-order valence-corrected chi connectivity index (χ2v) is 5.03. The number of carbonyl (C=O) groups excluding carboxylic acids is 1. The van der Waals surface area contributed by atoms with Gasteiger partial charge < -0.3 is 11.1 Å². The lowest BCUT2D eigenvalue weighted by molar-refractivity contribution is -0.123. The Morgan fingerprint density at radius 1 is 1.69 bits per heavy atom. The predicted octanol–water partition coefficient (Wildman–Crippen LogP) is 0.971. The van der Waals surface area contributed by atoms with Crippen LogP contribution in [-0.2, 0) is 11.3 Å². The van der Waals surface area contributed by atoms with Crippen molar-refractivity contribution in [3.63, 3.8) is 0 Å². The van der Waals surface area contributed by atoms with E-state index >= 15 is 0 Å². The van der Waals surface area contributed by atoms with E-state index in [0.29, 0.717) is 13.0 Å². The van der Waals surface area contributed by atoms with Crippen LogP contribution in [-0.4, -0.2) is 16.9 Å². The van der Waals surface area contributed by atoms with Crippen LogP contribution < -0.4 is 11.1 Å². The third-order valence-corrected chi connectivity index (χ3v) is 3.39. The van der Waals surface area contributed by atoms with Gasteiger partial charge in [-0.05, 0) is 13.3 Å². The second kappa shape index (κ2) is 4.76. The van der Waals surface area contributed by atoms with Crippen LogP contribution in [0.2, 0.25) is 0 Å². The smallest absolute Gasteiger partial charge is 0.227 e. The summed E-state index contributed by atoms with van der Waals surface area (Å²) < 4.78 is 0. The minimum Gasteiger partial charge on any atom is -0.350 e. The molecule has 1 amide bonds. The van der Waals surface area contributed by atoms with Crippen LogP contribution in [0.5, 0.6) is 0 Å². The number of hydrogen-bond acceptors (Lipinski definition) is 4. The average molecular weight is 237 g/mol. The molecule has 0 bridgehead atoms. The molecule has 1 heterocycles. The number of nitrogens with one attached hydrogen (secondary N) is 1. The van der Waals surface area contributed by atoms with Gasteiger partial charge in [0.15, 0.2) is 0 Å². The van der Waals surface area contributed by atoms with Gasteiger partial charge in [-0.1, -0.05) is 12.2 Å². The van der Waals surface area contributed by atoms with E-state index < -0.39 is 0 Å². The molecule has 1 aliphatic carbocycles. The molecule has 0 radical (unpaired) electrons.